The average Bonchev–Trinajstić information content (AvgIpc) is 2.38. The molecule has 0 saturated heterocycles. The number of carbonyl (C=O) groups is 1. The zero-order valence-corrected chi connectivity index (χ0v) is 9.90. The summed E-state index contributed by atoms with van der Waals surface area (Å²) in [5.41, 5.74) is 1.14. The van der Waals surface area contributed by atoms with Crippen molar-refractivity contribution in [3.8, 4) is 0 Å². The van der Waals surface area contributed by atoms with Crippen LogP contribution in [0.1, 0.15) is 18.9 Å². The van der Waals surface area contributed by atoms with Crippen molar-refractivity contribution >= 4 is 12.2 Å². The average molecular weight is 233 g/mol. The summed E-state index contributed by atoms with van der Waals surface area (Å²) >= 11 is 0. The van der Waals surface area contributed by atoms with Crippen LogP contribution in [-0.4, -0.2) is 24.8 Å². The normalized spacial score (nSPS) is 11.8. The molecule has 0 aliphatic carbocycles. The molecule has 1 atom stereocenters. The van der Waals surface area contributed by atoms with E-state index >= 15 is 0 Å². The monoisotopic (exact) mass is 233 g/mol. The minimum atomic E-state index is -0.578. The summed E-state index contributed by atoms with van der Waals surface area (Å²) < 4.78 is 0. The Bertz CT molecular complexity index is 352. The molecule has 0 spiro atoms. The lowest BCUT2D eigenvalue weighted by Gasteiger charge is -2.12. The lowest BCUT2D eigenvalue weighted by molar-refractivity contribution is -0.121. The van der Waals surface area contributed by atoms with Gasteiger partial charge in [0.05, 0.1) is 0 Å². The van der Waals surface area contributed by atoms with Gasteiger partial charge in [0.15, 0.2) is 0 Å². The predicted molar refractivity (Wildman–Crippen MR) is 66.1 cm³/mol. The molecule has 4 nitrogen and oxygen atoms in total. The Morgan fingerprint density at radius 2 is 2.06 bits per heavy atom. The standard InChI is InChI=1S/C13H17N2O2/c1-2-13(17)15-12(10-16)9-14-8-11-6-4-3-5-7-11/h3-7,12,14H,2,8-9H2,1H3,(H,15,17). The summed E-state index contributed by atoms with van der Waals surface area (Å²) in [4.78, 5) is 21.7. The van der Waals surface area contributed by atoms with Gasteiger partial charge >= 0.3 is 0 Å². The van der Waals surface area contributed by atoms with Crippen molar-refractivity contribution in [3.05, 3.63) is 35.9 Å². The first-order valence-corrected chi connectivity index (χ1v) is 5.68. The summed E-state index contributed by atoms with van der Waals surface area (Å²) in [6.07, 6.45) is 2.18. The Balaban J connectivity index is 2.29. The summed E-state index contributed by atoms with van der Waals surface area (Å²) in [6, 6.07) is 9.28. The minimum Gasteiger partial charge on any atom is -0.344 e. The van der Waals surface area contributed by atoms with Gasteiger partial charge in [-0.15, -0.1) is 0 Å². The molecule has 1 aromatic rings. The van der Waals surface area contributed by atoms with Gasteiger partial charge in [-0.2, -0.15) is 0 Å². The molecule has 0 saturated carbocycles. The Labute approximate surface area is 101 Å². The van der Waals surface area contributed by atoms with Crippen molar-refractivity contribution in [2.45, 2.75) is 25.9 Å². The van der Waals surface area contributed by atoms with Gasteiger partial charge in [0.25, 0.3) is 0 Å². The highest BCUT2D eigenvalue weighted by Crippen LogP contribution is 1.96. The van der Waals surface area contributed by atoms with Crippen molar-refractivity contribution in [1.82, 2.24) is 10.6 Å². The Morgan fingerprint density at radius 3 is 2.65 bits per heavy atom. The highest BCUT2D eigenvalue weighted by Gasteiger charge is 2.09. The molecule has 0 heterocycles. The molecule has 0 aromatic heterocycles. The maximum absolute atomic E-state index is 11.1. The Hall–Kier alpha value is -1.68. The van der Waals surface area contributed by atoms with Crippen LogP contribution in [0, 0.1) is 0 Å². The Kier molecular flexibility index (Phi) is 5.96. The van der Waals surface area contributed by atoms with Crippen molar-refractivity contribution in [3.63, 3.8) is 0 Å². The smallest absolute Gasteiger partial charge is 0.224 e. The maximum Gasteiger partial charge on any atom is 0.224 e. The third-order valence-corrected chi connectivity index (χ3v) is 2.32. The predicted octanol–water partition coefficient (Wildman–Crippen LogP) is 0.781. The van der Waals surface area contributed by atoms with Crippen molar-refractivity contribution in [1.29, 1.82) is 0 Å². The third-order valence-electron chi connectivity index (χ3n) is 2.32. The fourth-order valence-corrected chi connectivity index (χ4v) is 1.38. The highest BCUT2D eigenvalue weighted by molar-refractivity contribution is 5.79. The van der Waals surface area contributed by atoms with Crippen LogP contribution in [0.15, 0.2) is 30.3 Å². The molecule has 0 bridgehead atoms. The lowest BCUT2D eigenvalue weighted by atomic mass is 10.2. The molecule has 17 heavy (non-hydrogen) atoms. The molecule has 1 radical (unpaired) electrons. The Morgan fingerprint density at radius 1 is 1.35 bits per heavy atom. The number of hydrogen-bond donors (Lipinski definition) is 2. The van der Waals surface area contributed by atoms with E-state index in [0.717, 1.165) is 5.56 Å². The fourth-order valence-electron chi connectivity index (χ4n) is 1.38. The molecular formula is C13H17N2O2. The summed E-state index contributed by atoms with van der Waals surface area (Å²) in [7, 11) is 0. The summed E-state index contributed by atoms with van der Waals surface area (Å²) in [6.45, 7) is 2.81. The van der Waals surface area contributed by atoms with E-state index in [-0.39, 0.29) is 5.91 Å². The fraction of sp³-hybridized carbons (Fsp3) is 0.385. The second-order valence-corrected chi connectivity index (χ2v) is 3.71. The molecule has 1 aromatic carbocycles. The number of amides is 1. The van der Waals surface area contributed by atoms with Crippen LogP contribution in [0.4, 0.5) is 0 Å². The largest absolute Gasteiger partial charge is 0.344 e. The molecule has 0 aliphatic rings. The van der Waals surface area contributed by atoms with Gasteiger partial charge in [-0.1, -0.05) is 37.3 Å². The van der Waals surface area contributed by atoms with Crippen LogP contribution in [0.25, 0.3) is 0 Å². The first-order valence-electron chi connectivity index (χ1n) is 5.68. The third kappa shape index (κ3) is 5.26. The minimum absolute atomic E-state index is 0.139. The zero-order valence-electron chi connectivity index (χ0n) is 9.90. The molecule has 4 heteroatoms. The van der Waals surface area contributed by atoms with E-state index in [1.807, 2.05) is 36.6 Å². The molecule has 91 valence electrons. The van der Waals surface area contributed by atoms with Crippen LogP contribution < -0.4 is 10.6 Å². The molecule has 1 unspecified atom stereocenters. The first-order chi connectivity index (χ1) is 8.26. The van der Waals surface area contributed by atoms with Crippen molar-refractivity contribution in [2.24, 2.45) is 0 Å². The van der Waals surface area contributed by atoms with Gasteiger partial charge in [0.2, 0.25) is 12.2 Å². The first kappa shape index (κ1) is 13.4. The van der Waals surface area contributed by atoms with Crippen LogP contribution >= 0.6 is 0 Å². The van der Waals surface area contributed by atoms with E-state index in [1.165, 1.54) is 0 Å². The van der Waals surface area contributed by atoms with Gasteiger partial charge in [-0.3, -0.25) is 9.59 Å². The van der Waals surface area contributed by atoms with E-state index in [4.69, 9.17) is 0 Å². The van der Waals surface area contributed by atoms with E-state index in [0.29, 0.717) is 19.5 Å². The molecular weight excluding hydrogens is 216 g/mol. The van der Waals surface area contributed by atoms with Gasteiger partial charge in [-0.05, 0) is 5.56 Å². The van der Waals surface area contributed by atoms with Crippen LogP contribution in [0.3, 0.4) is 0 Å². The van der Waals surface area contributed by atoms with Gasteiger partial charge in [0, 0.05) is 19.5 Å². The van der Waals surface area contributed by atoms with E-state index in [1.54, 1.807) is 6.92 Å². The number of carbonyl (C=O) groups excluding carboxylic acids is 2. The summed E-state index contributed by atoms with van der Waals surface area (Å²) in [5, 5.41) is 5.68. The zero-order chi connectivity index (χ0) is 12.5. The number of hydrogen-bond acceptors (Lipinski definition) is 3. The van der Waals surface area contributed by atoms with Gasteiger partial charge < -0.3 is 10.6 Å². The molecule has 1 rings (SSSR count). The van der Waals surface area contributed by atoms with Crippen molar-refractivity contribution < 1.29 is 9.59 Å². The van der Waals surface area contributed by atoms with Gasteiger partial charge in [-0.25, -0.2) is 0 Å². The topological polar surface area (TPSA) is 58.2 Å². The molecule has 0 fully saturated rings. The molecule has 2 N–H and O–H groups in total. The van der Waals surface area contributed by atoms with E-state index in [2.05, 4.69) is 10.6 Å². The quantitative estimate of drug-likeness (QED) is 0.731. The lowest BCUT2D eigenvalue weighted by Crippen LogP contribution is -2.42. The molecule has 1 amide bonds. The second kappa shape index (κ2) is 7.57. The summed E-state index contributed by atoms with van der Waals surface area (Å²) in [5.74, 6) is -0.139. The SMILES string of the molecule is CCC(=O)NC([C]=O)CNCc1ccccc1. The van der Waals surface area contributed by atoms with Crippen molar-refractivity contribution in [2.75, 3.05) is 6.54 Å². The maximum atomic E-state index is 11.1. The van der Waals surface area contributed by atoms with E-state index < -0.39 is 6.04 Å². The molecule has 0 aliphatic heterocycles. The number of rotatable bonds is 7. The van der Waals surface area contributed by atoms with E-state index in [9.17, 15) is 9.59 Å². The second-order valence-electron chi connectivity index (χ2n) is 3.71. The van der Waals surface area contributed by atoms with Crippen LogP contribution in [0.5, 0.6) is 0 Å². The number of nitrogens with one attached hydrogen (secondary N) is 2. The van der Waals surface area contributed by atoms with Gasteiger partial charge in [0.1, 0.15) is 6.04 Å². The van der Waals surface area contributed by atoms with Crippen LogP contribution in [-0.2, 0) is 16.1 Å². The number of benzene rings is 1. The highest BCUT2D eigenvalue weighted by atomic mass is 16.2. The van der Waals surface area contributed by atoms with Crippen LogP contribution in [0.2, 0.25) is 0 Å².